The zero-order valence-corrected chi connectivity index (χ0v) is 11.8. The minimum absolute atomic E-state index is 0.00633. The number of nitrogens with one attached hydrogen (secondary N) is 1. The van der Waals surface area contributed by atoms with Gasteiger partial charge in [0, 0.05) is 26.3 Å². The van der Waals surface area contributed by atoms with E-state index in [4.69, 9.17) is 5.73 Å². The van der Waals surface area contributed by atoms with E-state index in [0.717, 1.165) is 29.7 Å². The molecule has 1 saturated heterocycles. The average Bonchev–Trinajstić information content (AvgIpc) is 2.40. The van der Waals surface area contributed by atoms with Crippen LogP contribution < -0.4 is 16.0 Å². The Morgan fingerprint density at radius 2 is 2.44 bits per heavy atom. The van der Waals surface area contributed by atoms with E-state index in [0.29, 0.717) is 6.54 Å². The molecule has 18 heavy (non-hydrogen) atoms. The van der Waals surface area contributed by atoms with Crippen LogP contribution in [0.2, 0.25) is 0 Å². The van der Waals surface area contributed by atoms with Crippen molar-refractivity contribution in [3.05, 3.63) is 10.7 Å². The van der Waals surface area contributed by atoms with Gasteiger partial charge in [-0.25, -0.2) is 4.98 Å². The van der Waals surface area contributed by atoms with E-state index in [1.807, 2.05) is 0 Å². The van der Waals surface area contributed by atoms with E-state index in [9.17, 15) is 4.79 Å². The van der Waals surface area contributed by atoms with Crippen molar-refractivity contribution in [1.29, 1.82) is 0 Å². The molecule has 1 amide bonds. The molecule has 6 nitrogen and oxygen atoms in total. The lowest BCUT2D eigenvalue weighted by atomic mass is 9.97. The van der Waals surface area contributed by atoms with Crippen LogP contribution in [0.5, 0.6) is 0 Å². The van der Waals surface area contributed by atoms with Crippen molar-refractivity contribution in [1.82, 2.24) is 15.3 Å². The van der Waals surface area contributed by atoms with Crippen LogP contribution in [0.25, 0.3) is 0 Å². The van der Waals surface area contributed by atoms with Crippen molar-refractivity contribution in [3.8, 4) is 0 Å². The molecule has 3 N–H and O–H groups in total. The normalized spacial score (nSPS) is 19.7. The minimum atomic E-state index is 0.00633. The number of aromatic nitrogens is 2. The van der Waals surface area contributed by atoms with Gasteiger partial charge in [0.05, 0.1) is 10.4 Å². The number of piperidine rings is 1. The van der Waals surface area contributed by atoms with Gasteiger partial charge < -0.3 is 16.0 Å². The lowest BCUT2D eigenvalue weighted by molar-refractivity contribution is -0.124. The van der Waals surface area contributed by atoms with Crippen LogP contribution in [0.1, 0.15) is 12.8 Å². The molecule has 1 aromatic rings. The van der Waals surface area contributed by atoms with Crippen LogP contribution in [0.4, 0.5) is 11.8 Å². The van der Waals surface area contributed by atoms with E-state index >= 15 is 0 Å². The summed E-state index contributed by atoms with van der Waals surface area (Å²) in [4.78, 5) is 21.9. The molecule has 0 aromatic carbocycles. The molecule has 2 rings (SSSR count). The molecular weight excluding hydrogens is 298 g/mol. The molecule has 0 spiro atoms. The Morgan fingerprint density at radius 1 is 1.67 bits per heavy atom. The first-order chi connectivity index (χ1) is 8.61. The number of rotatable bonds is 2. The summed E-state index contributed by atoms with van der Waals surface area (Å²) in [5, 5.41) is 2.70. The molecule has 0 saturated carbocycles. The van der Waals surface area contributed by atoms with Gasteiger partial charge in [0.2, 0.25) is 11.9 Å². The third-order valence-corrected chi connectivity index (χ3v) is 3.64. The molecule has 2 heterocycles. The zero-order valence-electron chi connectivity index (χ0n) is 10.2. The van der Waals surface area contributed by atoms with E-state index in [-0.39, 0.29) is 17.8 Å². The summed E-state index contributed by atoms with van der Waals surface area (Å²) in [5.74, 6) is 1.09. The molecular formula is C11H16BrN5O. The second-order valence-corrected chi connectivity index (χ2v) is 5.15. The Bertz CT molecular complexity index is 453. The second kappa shape index (κ2) is 5.51. The molecule has 98 valence electrons. The predicted molar refractivity (Wildman–Crippen MR) is 73.1 cm³/mol. The number of halogens is 1. The summed E-state index contributed by atoms with van der Waals surface area (Å²) >= 11 is 3.42. The van der Waals surface area contributed by atoms with Crippen molar-refractivity contribution in [2.75, 3.05) is 30.8 Å². The zero-order chi connectivity index (χ0) is 13.1. The van der Waals surface area contributed by atoms with E-state index in [1.54, 1.807) is 13.2 Å². The molecule has 1 unspecified atom stereocenters. The molecule has 1 fully saturated rings. The summed E-state index contributed by atoms with van der Waals surface area (Å²) in [6.45, 7) is 1.54. The quantitative estimate of drug-likeness (QED) is 0.843. The van der Waals surface area contributed by atoms with Crippen molar-refractivity contribution < 1.29 is 4.79 Å². The highest BCUT2D eigenvalue weighted by atomic mass is 79.9. The molecule has 1 aliphatic heterocycles. The molecule has 0 aliphatic carbocycles. The fourth-order valence-corrected chi connectivity index (χ4v) is 2.62. The van der Waals surface area contributed by atoms with Gasteiger partial charge >= 0.3 is 0 Å². The van der Waals surface area contributed by atoms with Crippen LogP contribution >= 0.6 is 15.9 Å². The lowest BCUT2D eigenvalue weighted by Crippen LogP contribution is -2.42. The molecule has 1 aliphatic rings. The Kier molecular flexibility index (Phi) is 4.00. The molecule has 1 atom stereocenters. The van der Waals surface area contributed by atoms with Crippen LogP contribution in [-0.2, 0) is 4.79 Å². The highest BCUT2D eigenvalue weighted by Crippen LogP contribution is 2.28. The summed E-state index contributed by atoms with van der Waals surface area (Å²) in [6.07, 6.45) is 3.52. The Morgan fingerprint density at radius 3 is 3.17 bits per heavy atom. The SMILES string of the molecule is CNC(=O)C1CCCN(c2nc(N)ncc2Br)C1. The molecule has 0 bridgehead atoms. The van der Waals surface area contributed by atoms with Gasteiger partial charge in [-0.3, -0.25) is 4.79 Å². The number of amides is 1. The summed E-state index contributed by atoms with van der Waals surface area (Å²) < 4.78 is 0.800. The number of anilines is 2. The Labute approximate surface area is 114 Å². The topological polar surface area (TPSA) is 84.1 Å². The first kappa shape index (κ1) is 13.1. The number of hydrogen-bond acceptors (Lipinski definition) is 5. The highest BCUT2D eigenvalue weighted by Gasteiger charge is 2.26. The van der Waals surface area contributed by atoms with Crippen LogP contribution in [0.3, 0.4) is 0 Å². The number of nitrogens with zero attached hydrogens (tertiary/aromatic N) is 3. The van der Waals surface area contributed by atoms with E-state index < -0.39 is 0 Å². The van der Waals surface area contributed by atoms with Crippen molar-refractivity contribution in [2.24, 2.45) is 5.92 Å². The van der Waals surface area contributed by atoms with Gasteiger partial charge in [0.1, 0.15) is 5.82 Å². The smallest absolute Gasteiger partial charge is 0.224 e. The van der Waals surface area contributed by atoms with Crippen molar-refractivity contribution in [3.63, 3.8) is 0 Å². The van der Waals surface area contributed by atoms with Gasteiger partial charge in [0.15, 0.2) is 0 Å². The van der Waals surface area contributed by atoms with Gasteiger partial charge in [-0.05, 0) is 28.8 Å². The fourth-order valence-electron chi connectivity index (χ4n) is 2.18. The number of nitrogens with two attached hydrogens (primary N) is 1. The van der Waals surface area contributed by atoms with E-state index in [2.05, 4.69) is 36.1 Å². The maximum Gasteiger partial charge on any atom is 0.224 e. The number of hydrogen-bond donors (Lipinski definition) is 2. The summed E-state index contributed by atoms with van der Waals surface area (Å²) in [7, 11) is 1.67. The number of carbonyl (C=O) groups is 1. The maximum atomic E-state index is 11.7. The monoisotopic (exact) mass is 313 g/mol. The lowest BCUT2D eigenvalue weighted by Gasteiger charge is -2.33. The summed E-state index contributed by atoms with van der Waals surface area (Å²) in [5.41, 5.74) is 5.61. The largest absolute Gasteiger partial charge is 0.368 e. The minimum Gasteiger partial charge on any atom is -0.368 e. The highest BCUT2D eigenvalue weighted by molar-refractivity contribution is 9.10. The van der Waals surface area contributed by atoms with Crippen LogP contribution in [0, 0.1) is 5.92 Å². The average molecular weight is 314 g/mol. The van der Waals surface area contributed by atoms with Gasteiger partial charge in [-0.1, -0.05) is 0 Å². The fraction of sp³-hybridized carbons (Fsp3) is 0.545. The predicted octanol–water partition coefficient (Wildman–Crippen LogP) is 0.784. The number of carbonyl (C=O) groups excluding carboxylic acids is 1. The van der Waals surface area contributed by atoms with Gasteiger partial charge in [-0.2, -0.15) is 4.98 Å². The standard InChI is InChI=1S/C11H16BrN5O/c1-14-10(18)7-3-2-4-17(6-7)9-8(12)5-15-11(13)16-9/h5,7H,2-4,6H2,1H3,(H,14,18)(H2,13,15,16). The van der Waals surface area contributed by atoms with Crippen LogP contribution in [0.15, 0.2) is 10.7 Å². The van der Waals surface area contributed by atoms with Gasteiger partial charge in [-0.15, -0.1) is 0 Å². The Balaban J connectivity index is 2.18. The van der Waals surface area contributed by atoms with Crippen molar-refractivity contribution >= 4 is 33.6 Å². The number of nitrogen functional groups attached to an aromatic ring is 1. The molecule has 1 aromatic heterocycles. The summed E-state index contributed by atoms with van der Waals surface area (Å²) in [6, 6.07) is 0. The third kappa shape index (κ3) is 2.72. The van der Waals surface area contributed by atoms with E-state index in [1.165, 1.54) is 0 Å². The third-order valence-electron chi connectivity index (χ3n) is 3.08. The first-order valence-corrected chi connectivity index (χ1v) is 6.65. The van der Waals surface area contributed by atoms with Crippen molar-refractivity contribution in [2.45, 2.75) is 12.8 Å². The second-order valence-electron chi connectivity index (χ2n) is 4.30. The first-order valence-electron chi connectivity index (χ1n) is 5.86. The Hall–Kier alpha value is -1.37. The molecule has 0 radical (unpaired) electrons. The van der Waals surface area contributed by atoms with Gasteiger partial charge in [0.25, 0.3) is 0 Å². The van der Waals surface area contributed by atoms with Crippen LogP contribution in [-0.4, -0.2) is 36.0 Å². The maximum absolute atomic E-state index is 11.7. The molecule has 7 heteroatoms.